The molecule has 0 heterocycles. The van der Waals surface area contributed by atoms with Crippen molar-refractivity contribution in [2.24, 2.45) is 0 Å². The van der Waals surface area contributed by atoms with Crippen molar-refractivity contribution in [3.05, 3.63) is 0 Å². The van der Waals surface area contributed by atoms with E-state index in [0.29, 0.717) is 0 Å². The molecule has 0 saturated heterocycles. The SMILES string of the molecule is CCOC(NC(=O)OCC(F)(F)C(F)(F)C(F)(F)C(F)(F)C(F)(F)F)[SiH](C)C. The first-order valence-corrected chi connectivity index (χ1v) is 10.4. The molecule has 0 aromatic rings. The van der Waals surface area contributed by atoms with Crippen molar-refractivity contribution >= 4 is 14.9 Å². The number of carbonyl (C=O) groups is 1. The van der Waals surface area contributed by atoms with Crippen LogP contribution in [0.15, 0.2) is 0 Å². The first-order valence-electron chi connectivity index (χ1n) is 7.39. The van der Waals surface area contributed by atoms with Gasteiger partial charge in [-0.15, -0.1) is 0 Å². The van der Waals surface area contributed by atoms with Gasteiger partial charge in [-0.2, -0.15) is 48.3 Å². The third-order valence-electron chi connectivity index (χ3n) is 3.20. The number of rotatable bonds is 9. The predicted octanol–water partition coefficient (Wildman–Crippen LogP) is 4.20. The molecule has 0 bridgehead atoms. The molecule has 0 radical (unpaired) electrons. The second-order valence-electron chi connectivity index (χ2n) is 5.77. The summed E-state index contributed by atoms with van der Waals surface area (Å²) in [5.41, 5.74) is 0. The van der Waals surface area contributed by atoms with E-state index >= 15 is 0 Å². The second kappa shape index (κ2) is 8.58. The molecule has 0 aliphatic rings. The highest BCUT2D eigenvalue weighted by atomic mass is 28.3. The normalized spacial score (nSPS) is 15.5. The molecule has 0 aliphatic carbocycles. The van der Waals surface area contributed by atoms with Crippen LogP contribution in [0.1, 0.15) is 6.92 Å². The van der Waals surface area contributed by atoms with Crippen LogP contribution in [0.25, 0.3) is 0 Å². The topological polar surface area (TPSA) is 47.6 Å². The van der Waals surface area contributed by atoms with Crippen LogP contribution in [0.4, 0.5) is 53.1 Å². The quantitative estimate of drug-likeness (QED) is 0.320. The maximum absolute atomic E-state index is 13.4. The van der Waals surface area contributed by atoms with Gasteiger partial charge in [0.15, 0.2) is 6.61 Å². The van der Waals surface area contributed by atoms with Crippen molar-refractivity contribution in [3.8, 4) is 0 Å². The summed E-state index contributed by atoms with van der Waals surface area (Å²) in [6.07, 6.45) is -9.10. The van der Waals surface area contributed by atoms with Crippen LogP contribution in [0.5, 0.6) is 0 Å². The molecule has 4 nitrogen and oxygen atoms in total. The van der Waals surface area contributed by atoms with Gasteiger partial charge in [0.25, 0.3) is 0 Å². The Balaban J connectivity index is 5.40. The van der Waals surface area contributed by atoms with Gasteiger partial charge in [0, 0.05) is 6.61 Å². The van der Waals surface area contributed by atoms with Crippen LogP contribution < -0.4 is 5.32 Å². The fourth-order valence-corrected chi connectivity index (χ4v) is 2.64. The van der Waals surface area contributed by atoms with E-state index < -0.39 is 57.2 Å². The van der Waals surface area contributed by atoms with Crippen molar-refractivity contribution in [2.45, 2.75) is 55.7 Å². The van der Waals surface area contributed by atoms with Crippen molar-refractivity contribution in [2.75, 3.05) is 13.2 Å². The zero-order valence-electron chi connectivity index (χ0n) is 14.5. The molecule has 1 amide bonds. The summed E-state index contributed by atoms with van der Waals surface area (Å²) in [7, 11) is -1.84. The number of ether oxygens (including phenoxy) is 2. The summed E-state index contributed by atoms with van der Waals surface area (Å²) in [5, 5.41) is 1.82. The van der Waals surface area contributed by atoms with Gasteiger partial charge >= 0.3 is 36.0 Å². The number of amides is 1. The van der Waals surface area contributed by atoms with Crippen LogP contribution in [0.3, 0.4) is 0 Å². The Morgan fingerprint density at radius 1 is 0.893 bits per heavy atom. The Morgan fingerprint density at radius 2 is 1.36 bits per heavy atom. The average Bonchev–Trinajstić information content (AvgIpc) is 2.50. The van der Waals surface area contributed by atoms with Gasteiger partial charge in [0.2, 0.25) is 0 Å². The van der Waals surface area contributed by atoms with Crippen LogP contribution in [-0.2, 0) is 9.47 Å². The van der Waals surface area contributed by atoms with Gasteiger partial charge in [-0.1, -0.05) is 13.1 Å². The van der Waals surface area contributed by atoms with E-state index in [-0.39, 0.29) is 6.61 Å². The van der Waals surface area contributed by atoms with E-state index in [9.17, 15) is 53.1 Å². The molecule has 16 heteroatoms. The number of halogens is 11. The van der Waals surface area contributed by atoms with Crippen LogP contribution in [-0.4, -0.2) is 63.8 Å². The van der Waals surface area contributed by atoms with Crippen LogP contribution in [0.2, 0.25) is 13.1 Å². The molecule has 1 atom stereocenters. The number of alkyl carbamates (subject to hydrolysis) is 1. The lowest BCUT2D eigenvalue weighted by Crippen LogP contribution is -2.67. The van der Waals surface area contributed by atoms with Crippen molar-refractivity contribution < 1.29 is 62.6 Å². The first kappa shape index (κ1) is 26.7. The van der Waals surface area contributed by atoms with Gasteiger partial charge in [-0.05, 0) is 6.92 Å². The van der Waals surface area contributed by atoms with E-state index in [2.05, 4.69) is 4.74 Å². The number of nitrogens with one attached hydrogen (secondary N) is 1. The Bertz CT molecular complexity index is 539. The smallest absolute Gasteiger partial charge is 0.443 e. The molecule has 0 aliphatic heterocycles. The van der Waals surface area contributed by atoms with Crippen LogP contribution in [0, 0.1) is 0 Å². The molecular formula is C12H16F11NO3Si. The monoisotopic (exact) mass is 459 g/mol. The molecule has 1 unspecified atom stereocenters. The summed E-state index contributed by atoms with van der Waals surface area (Å²) in [4.78, 5) is 11.3. The highest BCUT2D eigenvalue weighted by Gasteiger charge is 2.87. The molecule has 0 aromatic carbocycles. The Labute approximate surface area is 152 Å². The van der Waals surface area contributed by atoms with E-state index in [1.165, 1.54) is 6.92 Å². The van der Waals surface area contributed by atoms with E-state index in [1.54, 1.807) is 13.1 Å². The molecular weight excluding hydrogens is 443 g/mol. The van der Waals surface area contributed by atoms with Gasteiger partial charge < -0.3 is 9.47 Å². The summed E-state index contributed by atoms with van der Waals surface area (Å²) < 4.78 is 149. The van der Waals surface area contributed by atoms with Gasteiger partial charge in [0.1, 0.15) is 5.85 Å². The third-order valence-corrected chi connectivity index (χ3v) is 4.77. The highest BCUT2D eigenvalue weighted by Crippen LogP contribution is 2.57. The van der Waals surface area contributed by atoms with E-state index in [4.69, 9.17) is 4.74 Å². The van der Waals surface area contributed by atoms with Gasteiger partial charge in [-0.25, -0.2) is 4.79 Å². The minimum absolute atomic E-state index is 0.0309. The molecule has 0 saturated carbocycles. The van der Waals surface area contributed by atoms with E-state index in [0.717, 1.165) is 0 Å². The van der Waals surface area contributed by atoms with Crippen molar-refractivity contribution in [1.82, 2.24) is 5.32 Å². The number of hydrogen-bond donors (Lipinski definition) is 1. The lowest BCUT2D eigenvalue weighted by molar-refractivity contribution is -0.423. The molecule has 28 heavy (non-hydrogen) atoms. The summed E-state index contributed by atoms with van der Waals surface area (Å²) >= 11 is 0. The van der Waals surface area contributed by atoms with Crippen molar-refractivity contribution in [3.63, 3.8) is 0 Å². The van der Waals surface area contributed by atoms with E-state index in [1.807, 2.05) is 5.32 Å². The fourth-order valence-electron chi connectivity index (χ4n) is 1.59. The number of carbonyl (C=O) groups excluding carboxylic acids is 1. The standard InChI is InChI=1S/C12H16F11NO3Si/c1-4-26-7(28(2)3)24-6(25)27-5-8(13,14)9(15,16)10(17,18)11(19,20)12(21,22)23/h7,28H,4-5H2,1-3H3,(H,24,25). The maximum atomic E-state index is 13.4. The van der Waals surface area contributed by atoms with Crippen LogP contribution >= 0.6 is 0 Å². The Morgan fingerprint density at radius 3 is 1.71 bits per heavy atom. The Kier molecular flexibility index (Phi) is 8.18. The van der Waals surface area contributed by atoms with Crippen molar-refractivity contribution in [1.29, 1.82) is 0 Å². The highest BCUT2D eigenvalue weighted by molar-refractivity contribution is 6.57. The number of hydrogen-bond acceptors (Lipinski definition) is 3. The molecule has 0 rings (SSSR count). The Hall–Kier alpha value is -1.32. The predicted molar refractivity (Wildman–Crippen MR) is 74.6 cm³/mol. The lowest BCUT2D eigenvalue weighted by atomic mass is 9.98. The lowest BCUT2D eigenvalue weighted by Gasteiger charge is -2.36. The summed E-state index contributed by atoms with van der Waals surface area (Å²) in [6.45, 7) is 1.82. The third kappa shape index (κ3) is 5.18. The first-order chi connectivity index (χ1) is 12.3. The zero-order chi connectivity index (χ0) is 22.8. The molecule has 168 valence electrons. The largest absolute Gasteiger partial charge is 0.460 e. The van der Waals surface area contributed by atoms with Gasteiger partial charge in [-0.3, -0.25) is 5.32 Å². The molecule has 0 fully saturated rings. The minimum atomic E-state index is -7.54. The summed E-state index contributed by atoms with van der Waals surface area (Å²) in [5.74, 6) is -29.6. The minimum Gasteiger partial charge on any atom is -0.443 e. The maximum Gasteiger partial charge on any atom is 0.460 e. The summed E-state index contributed by atoms with van der Waals surface area (Å²) in [6, 6.07) is 0. The second-order valence-corrected chi connectivity index (χ2v) is 8.86. The average molecular weight is 459 g/mol. The fraction of sp³-hybridized carbons (Fsp3) is 0.917. The molecule has 0 aromatic heterocycles. The zero-order valence-corrected chi connectivity index (χ0v) is 15.6. The number of alkyl halides is 11. The van der Waals surface area contributed by atoms with Gasteiger partial charge in [0.05, 0.1) is 8.80 Å². The molecule has 0 spiro atoms. The molecule has 1 N–H and O–H groups in total.